The van der Waals surface area contributed by atoms with Gasteiger partial charge < -0.3 is 4.90 Å². The van der Waals surface area contributed by atoms with Gasteiger partial charge >= 0.3 is 0 Å². The molecule has 1 saturated carbocycles. The highest BCUT2D eigenvalue weighted by Crippen LogP contribution is 2.30. The second-order valence-corrected chi connectivity index (χ2v) is 4.06. The zero-order valence-electron chi connectivity index (χ0n) is 7.79. The van der Waals surface area contributed by atoms with Gasteiger partial charge in [0.25, 0.3) is 0 Å². The molecule has 0 aromatic carbocycles. The highest BCUT2D eigenvalue weighted by molar-refractivity contribution is 7.81. The number of carbonyl (C=O) groups excluding carboxylic acids is 1. The third-order valence-corrected chi connectivity index (χ3v) is 2.50. The van der Waals surface area contributed by atoms with Gasteiger partial charge in [-0.2, -0.15) is 12.6 Å². The standard InChI is InChI=1S/C9H17NOS/c1-7(2)10(9(11)6-12)5-8-3-4-8/h7-8,12H,3-6H2,1-2H3. The Hall–Kier alpha value is -0.180. The number of nitrogens with zero attached hydrogens (tertiary/aromatic N) is 1. The lowest BCUT2D eigenvalue weighted by Crippen LogP contribution is -2.39. The van der Waals surface area contributed by atoms with Crippen LogP contribution in [0.1, 0.15) is 26.7 Å². The van der Waals surface area contributed by atoms with Gasteiger partial charge in [0.1, 0.15) is 0 Å². The molecule has 0 atom stereocenters. The van der Waals surface area contributed by atoms with Crippen molar-refractivity contribution in [1.29, 1.82) is 0 Å². The average molecular weight is 187 g/mol. The monoisotopic (exact) mass is 187 g/mol. The molecule has 0 aliphatic heterocycles. The Bertz CT molecular complexity index is 166. The highest BCUT2D eigenvalue weighted by atomic mass is 32.1. The molecule has 0 aromatic rings. The Kier molecular flexibility index (Phi) is 3.44. The van der Waals surface area contributed by atoms with E-state index in [9.17, 15) is 4.79 Å². The summed E-state index contributed by atoms with van der Waals surface area (Å²) >= 11 is 4.00. The number of amides is 1. The van der Waals surface area contributed by atoms with Crippen molar-refractivity contribution in [3.05, 3.63) is 0 Å². The van der Waals surface area contributed by atoms with E-state index in [0.29, 0.717) is 11.8 Å². The molecule has 0 unspecified atom stereocenters. The Balaban J connectivity index is 2.41. The lowest BCUT2D eigenvalue weighted by atomic mass is 10.2. The van der Waals surface area contributed by atoms with Gasteiger partial charge in [0.15, 0.2) is 0 Å². The quantitative estimate of drug-likeness (QED) is 0.662. The predicted octanol–water partition coefficient (Wildman–Crippen LogP) is 1.56. The molecule has 2 nitrogen and oxygen atoms in total. The first-order valence-corrected chi connectivity index (χ1v) is 5.18. The van der Waals surface area contributed by atoms with Gasteiger partial charge in [-0.25, -0.2) is 0 Å². The summed E-state index contributed by atoms with van der Waals surface area (Å²) in [6.07, 6.45) is 2.59. The van der Waals surface area contributed by atoms with E-state index in [1.165, 1.54) is 12.8 Å². The Morgan fingerprint density at radius 3 is 2.50 bits per heavy atom. The summed E-state index contributed by atoms with van der Waals surface area (Å²) in [5.74, 6) is 1.28. The second kappa shape index (κ2) is 4.17. The van der Waals surface area contributed by atoms with Gasteiger partial charge in [0, 0.05) is 12.6 Å². The summed E-state index contributed by atoms with van der Waals surface area (Å²) in [7, 11) is 0. The summed E-state index contributed by atoms with van der Waals surface area (Å²) in [5.41, 5.74) is 0. The molecule has 70 valence electrons. The van der Waals surface area contributed by atoms with Crippen LogP contribution in [0.5, 0.6) is 0 Å². The third kappa shape index (κ3) is 2.70. The van der Waals surface area contributed by atoms with E-state index in [1.807, 2.05) is 4.90 Å². The van der Waals surface area contributed by atoms with Crippen molar-refractivity contribution in [2.45, 2.75) is 32.7 Å². The summed E-state index contributed by atoms with van der Waals surface area (Å²) in [4.78, 5) is 13.3. The van der Waals surface area contributed by atoms with Crippen molar-refractivity contribution in [2.75, 3.05) is 12.3 Å². The molecule has 1 amide bonds. The number of carbonyl (C=O) groups is 1. The van der Waals surface area contributed by atoms with Gasteiger partial charge in [-0.1, -0.05) is 0 Å². The summed E-state index contributed by atoms with van der Waals surface area (Å²) in [5, 5.41) is 0. The van der Waals surface area contributed by atoms with Gasteiger partial charge in [-0.3, -0.25) is 4.79 Å². The molecule has 0 radical (unpaired) electrons. The van der Waals surface area contributed by atoms with Crippen LogP contribution >= 0.6 is 12.6 Å². The van der Waals surface area contributed by atoms with Crippen molar-refractivity contribution in [2.24, 2.45) is 5.92 Å². The van der Waals surface area contributed by atoms with Gasteiger partial charge in [0.05, 0.1) is 5.75 Å². The number of thiol groups is 1. The largest absolute Gasteiger partial charge is 0.339 e. The summed E-state index contributed by atoms with van der Waals surface area (Å²) in [6, 6.07) is 0.324. The summed E-state index contributed by atoms with van der Waals surface area (Å²) < 4.78 is 0. The van der Waals surface area contributed by atoms with Crippen molar-refractivity contribution in [1.82, 2.24) is 4.90 Å². The number of hydrogen-bond acceptors (Lipinski definition) is 2. The molecular weight excluding hydrogens is 170 g/mol. The normalized spacial score (nSPS) is 16.7. The van der Waals surface area contributed by atoms with Crippen molar-refractivity contribution < 1.29 is 4.79 Å². The molecule has 0 bridgehead atoms. The molecule has 3 heteroatoms. The fraction of sp³-hybridized carbons (Fsp3) is 0.889. The molecule has 0 saturated heterocycles. The lowest BCUT2D eigenvalue weighted by Gasteiger charge is -2.26. The average Bonchev–Trinajstić information content (AvgIpc) is 2.81. The number of hydrogen-bond donors (Lipinski definition) is 1. The molecule has 12 heavy (non-hydrogen) atoms. The van der Waals surface area contributed by atoms with Crippen LogP contribution in [0.2, 0.25) is 0 Å². The van der Waals surface area contributed by atoms with Crippen molar-refractivity contribution in [3.8, 4) is 0 Å². The molecule has 1 aliphatic rings. The van der Waals surface area contributed by atoms with Crippen LogP contribution in [0.25, 0.3) is 0 Å². The first-order valence-electron chi connectivity index (χ1n) is 4.55. The topological polar surface area (TPSA) is 20.3 Å². The van der Waals surface area contributed by atoms with Crippen molar-refractivity contribution in [3.63, 3.8) is 0 Å². The molecule has 1 fully saturated rings. The fourth-order valence-electron chi connectivity index (χ4n) is 1.27. The molecular formula is C9H17NOS. The lowest BCUT2D eigenvalue weighted by molar-refractivity contribution is -0.130. The van der Waals surface area contributed by atoms with E-state index >= 15 is 0 Å². The number of rotatable bonds is 4. The summed E-state index contributed by atoms with van der Waals surface area (Å²) in [6.45, 7) is 5.06. The molecule has 0 heterocycles. The van der Waals surface area contributed by atoms with Crippen LogP contribution in [-0.2, 0) is 4.79 Å². The Morgan fingerprint density at radius 2 is 2.17 bits per heavy atom. The van der Waals surface area contributed by atoms with Gasteiger partial charge in [-0.05, 0) is 32.6 Å². The van der Waals surface area contributed by atoms with E-state index in [0.717, 1.165) is 12.5 Å². The highest BCUT2D eigenvalue weighted by Gasteiger charge is 2.27. The van der Waals surface area contributed by atoms with Gasteiger partial charge in [0.2, 0.25) is 5.91 Å². The molecule has 0 aromatic heterocycles. The van der Waals surface area contributed by atoms with E-state index in [4.69, 9.17) is 0 Å². The molecule has 0 spiro atoms. The van der Waals surface area contributed by atoms with Crippen molar-refractivity contribution >= 4 is 18.5 Å². The maximum atomic E-state index is 11.4. The van der Waals surface area contributed by atoms with Crippen LogP contribution < -0.4 is 0 Å². The molecule has 0 N–H and O–H groups in total. The van der Waals surface area contributed by atoms with E-state index < -0.39 is 0 Å². The smallest absolute Gasteiger partial charge is 0.232 e. The molecule has 1 rings (SSSR count). The van der Waals surface area contributed by atoms with Crippen LogP contribution in [0.4, 0.5) is 0 Å². The predicted molar refractivity (Wildman–Crippen MR) is 53.4 cm³/mol. The van der Waals surface area contributed by atoms with Crippen LogP contribution in [-0.4, -0.2) is 29.1 Å². The SMILES string of the molecule is CC(C)N(CC1CC1)C(=O)CS. The first kappa shape index (κ1) is 9.90. The van der Waals surface area contributed by atoms with E-state index in [2.05, 4.69) is 26.5 Å². The Labute approximate surface area is 79.7 Å². The van der Waals surface area contributed by atoms with Crippen LogP contribution in [0, 0.1) is 5.92 Å². The fourth-order valence-corrected chi connectivity index (χ4v) is 1.45. The van der Waals surface area contributed by atoms with Gasteiger partial charge in [-0.15, -0.1) is 0 Å². The van der Waals surface area contributed by atoms with Crippen LogP contribution in [0.15, 0.2) is 0 Å². The Morgan fingerprint density at radius 1 is 1.58 bits per heavy atom. The maximum Gasteiger partial charge on any atom is 0.232 e. The minimum Gasteiger partial charge on any atom is -0.339 e. The second-order valence-electron chi connectivity index (χ2n) is 3.74. The van der Waals surface area contributed by atoms with E-state index in [1.54, 1.807) is 0 Å². The molecule has 1 aliphatic carbocycles. The third-order valence-electron chi connectivity index (χ3n) is 2.23. The van der Waals surface area contributed by atoms with E-state index in [-0.39, 0.29) is 5.91 Å². The minimum absolute atomic E-state index is 0.167. The minimum atomic E-state index is 0.167. The van der Waals surface area contributed by atoms with Crippen LogP contribution in [0.3, 0.4) is 0 Å². The maximum absolute atomic E-state index is 11.4. The zero-order chi connectivity index (χ0) is 9.14. The first-order chi connectivity index (χ1) is 5.65. The zero-order valence-corrected chi connectivity index (χ0v) is 8.68.